The predicted octanol–water partition coefficient (Wildman–Crippen LogP) is 5.23. The summed E-state index contributed by atoms with van der Waals surface area (Å²) in [5.74, 6) is -1.25. The summed E-state index contributed by atoms with van der Waals surface area (Å²) >= 11 is 0. The van der Waals surface area contributed by atoms with Gasteiger partial charge in [-0.05, 0) is 24.9 Å². The molecule has 0 amide bonds. The van der Waals surface area contributed by atoms with Gasteiger partial charge in [0.05, 0.1) is 12.3 Å². The molecule has 0 saturated heterocycles. The number of rotatable bonds is 4. The average molecular weight is 681 g/mol. The van der Waals surface area contributed by atoms with E-state index >= 15 is 0 Å². The number of hydrogen-bond donors (Lipinski definition) is 0. The van der Waals surface area contributed by atoms with Crippen LogP contribution in [0.2, 0.25) is 0 Å². The van der Waals surface area contributed by atoms with Crippen LogP contribution in [0.4, 0.5) is 17.6 Å². The molecule has 0 fully saturated rings. The third-order valence-electron chi connectivity index (χ3n) is 4.67. The SMILES string of the molecule is CCOc1cc(F)c[c-]c1-c1cc(C(C)(C)C)n(C)n1.FC(F)(F)c1n[n-]c(-c2ccccn2)n1.[Ir]. The maximum absolute atomic E-state index is 13.3. The molecule has 0 unspecified atom stereocenters. The Balaban J connectivity index is 0.000000256. The Hall–Kier alpha value is -3.11. The van der Waals surface area contributed by atoms with Gasteiger partial charge in [0.15, 0.2) is 0 Å². The first-order valence-electron chi connectivity index (χ1n) is 10.6. The molecule has 0 aliphatic rings. The second-order valence-electron chi connectivity index (χ2n) is 8.45. The van der Waals surface area contributed by atoms with Crippen LogP contribution in [-0.4, -0.2) is 31.5 Å². The van der Waals surface area contributed by atoms with Gasteiger partial charge in [-0.2, -0.15) is 13.2 Å². The standard InChI is InChI=1S/C16H20FN2O.C8H4F3N4.Ir/c1-6-20-14-9-11(17)7-8-12(14)13-10-15(16(2,3)4)19(5)18-13;9-8(10,11)7-13-6(14-15-7)5-3-1-2-4-12-5;/h7,9-10H,6H2,1-5H3;1-4H;/q2*-1;. The summed E-state index contributed by atoms with van der Waals surface area (Å²) in [7, 11) is 1.91. The molecular formula is C24H24F4IrN6O-2. The molecule has 1 radical (unpaired) electrons. The van der Waals surface area contributed by atoms with Crippen molar-refractivity contribution in [3.8, 4) is 28.5 Å². The average Bonchev–Trinajstić information content (AvgIpc) is 3.42. The number of aryl methyl sites for hydroxylation is 1. The van der Waals surface area contributed by atoms with Crippen molar-refractivity contribution in [1.82, 2.24) is 29.9 Å². The van der Waals surface area contributed by atoms with Crippen LogP contribution in [0.25, 0.3) is 22.8 Å². The zero-order valence-corrected chi connectivity index (χ0v) is 22.6. The van der Waals surface area contributed by atoms with E-state index in [1.54, 1.807) is 12.1 Å². The summed E-state index contributed by atoms with van der Waals surface area (Å²) in [4.78, 5) is 7.05. The molecule has 7 nitrogen and oxygen atoms in total. The van der Waals surface area contributed by atoms with Crippen LogP contribution >= 0.6 is 0 Å². The summed E-state index contributed by atoms with van der Waals surface area (Å²) in [5, 5.41) is 10.7. The van der Waals surface area contributed by atoms with Gasteiger partial charge in [0.25, 0.3) is 0 Å². The Kier molecular flexibility index (Phi) is 9.50. The van der Waals surface area contributed by atoms with Crippen molar-refractivity contribution in [2.45, 2.75) is 39.3 Å². The summed E-state index contributed by atoms with van der Waals surface area (Å²) in [6.07, 6.45) is -3.13. The second kappa shape index (κ2) is 11.7. The van der Waals surface area contributed by atoms with Gasteiger partial charge in [0.1, 0.15) is 5.82 Å². The molecule has 4 rings (SSSR count). The molecule has 1 aromatic carbocycles. The molecule has 0 atom stereocenters. The topological polar surface area (TPSA) is 79.8 Å². The van der Waals surface area contributed by atoms with E-state index in [2.05, 4.69) is 52.1 Å². The smallest absolute Gasteiger partial charge is 0.429 e. The molecule has 0 aliphatic heterocycles. The quantitative estimate of drug-likeness (QED) is 0.217. The van der Waals surface area contributed by atoms with E-state index in [1.807, 2.05) is 24.7 Å². The van der Waals surface area contributed by atoms with E-state index in [-0.39, 0.29) is 42.9 Å². The third-order valence-corrected chi connectivity index (χ3v) is 4.67. The number of nitrogens with zero attached hydrogens (tertiary/aromatic N) is 6. The van der Waals surface area contributed by atoms with Crippen LogP contribution in [0.5, 0.6) is 5.75 Å². The molecule has 12 heteroatoms. The van der Waals surface area contributed by atoms with Crippen molar-refractivity contribution in [2.24, 2.45) is 7.05 Å². The largest absolute Gasteiger partial charge is 0.537 e. The monoisotopic (exact) mass is 681 g/mol. The molecule has 4 aromatic rings. The summed E-state index contributed by atoms with van der Waals surface area (Å²) in [6, 6.07) is 12.4. The normalized spacial score (nSPS) is 11.4. The van der Waals surface area contributed by atoms with Crippen molar-refractivity contribution in [2.75, 3.05) is 6.61 Å². The number of halogens is 4. The second-order valence-corrected chi connectivity index (χ2v) is 8.45. The predicted molar refractivity (Wildman–Crippen MR) is 121 cm³/mol. The van der Waals surface area contributed by atoms with Crippen molar-refractivity contribution < 1.29 is 42.4 Å². The van der Waals surface area contributed by atoms with E-state index < -0.39 is 12.0 Å². The molecule has 195 valence electrons. The maximum Gasteiger partial charge on any atom is 0.429 e. The van der Waals surface area contributed by atoms with Crippen LogP contribution < -0.4 is 9.84 Å². The Morgan fingerprint density at radius 2 is 1.83 bits per heavy atom. The number of aromatic nitrogens is 6. The van der Waals surface area contributed by atoms with Crippen molar-refractivity contribution in [3.05, 3.63) is 66.0 Å². The number of ether oxygens (including phenoxy) is 1. The minimum atomic E-state index is -4.57. The first-order chi connectivity index (χ1) is 16.4. The fourth-order valence-electron chi connectivity index (χ4n) is 3.18. The Morgan fingerprint density at radius 3 is 2.36 bits per heavy atom. The van der Waals surface area contributed by atoms with Gasteiger partial charge in [0, 0.05) is 61.7 Å². The van der Waals surface area contributed by atoms with Gasteiger partial charge < -0.3 is 14.8 Å². The van der Waals surface area contributed by atoms with Crippen LogP contribution in [0, 0.1) is 11.9 Å². The molecule has 3 heterocycles. The number of alkyl halides is 3. The first kappa shape index (κ1) is 29.1. The molecular weight excluding hydrogens is 657 g/mol. The molecule has 0 spiro atoms. The minimum absolute atomic E-state index is 0. The fourth-order valence-corrected chi connectivity index (χ4v) is 3.18. The maximum atomic E-state index is 13.3. The van der Waals surface area contributed by atoms with E-state index in [4.69, 9.17) is 4.74 Å². The first-order valence-corrected chi connectivity index (χ1v) is 10.6. The van der Waals surface area contributed by atoms with Gasteiger partial charge in [-0.15, -0.1) is 12.1 Å². The minimum Gasteiger partial charge on any atom is -0.537 e. The van der Waals surface area contributed by atoms with Gasteiger partial charge in [0.2, 0.25) is 0 Å². The molecule has 0 saturated carbocycles. The third kappa shape index (κ3) is 7.20. The zero-order chi connectivity index (χ0) is 25.8. The number of benzene rings is 1. The summed E-state index contributed by atoms with van der Waals surface area (Å²) in [5.41, 5.74) is 2.81. The fraction of sp³-hybridized carbons (Fsp3) is 0.333. The van der Waals surface area contributed by atoms with E-state index in [9.17, 15) is 17.6 Å². The van der Waals surface area contributed by atoms with Crippen LogP contribution in [0.15, 0.2) is 42.6 Å². The van der Waals surface area contributed by atoms with Crippen molar-refractivity contribution in [1.29, 1.82) is 0 Å². The van der Waals surface area contributed by atoms with Gasteiger partial charge in [-0.3, -0.25) is 19.2 Å². The molecule has 0 bridgehead atoms. The number of hydrogen-bond acceptors (Lipinski definition) is 5. The zero-order valence-electron chi connectivity index (χ0n) is 20.2. The van der Waals surface area contributed by atoms with Crippen molar-refractivity contribution in [3.63, 3.8) is 0 Å². The van der Waals surface area contributed by atoms with E-state index in [0.717, 1.165) is 11.4 Å². The molecule has 0 aliphatic carbocycles. The van der Waals surface area contributed by atoms with Crippen LogP contribution in [0.3, 0.4) is 0 Å². The number of pyridine rings is 1. The van der Waals surface area contributed by atoms with Gasteiger partial charge in [-0.1, -0.05) is 44.5 Å². The van der Waals surface area contributed by atoms with Crippen molar-refractivity contribution >= 4 is 0 Å². The molecule has 3 aromatic heterocycles. The van der Waals surface area contributed by atoms with Gasteiger partial charge >= 0.3 is 6.18 Å². The Bertz CT molecular complexity index is 1270. The molecule has 0 N–H and O–H groups in total. The molecule has 36 heavy (non-hydrogen) atoms. The summed E-state index contributed by atoms with van der Waals surface area (Å²) < 4.78 is 57.1. The van der Waals surface area contributed by atoms with Crippen LogP contribution in [0.1, 0.15) is 39.2 Å². The van der Waals surface area contributed by atoms with E-state index in [0.29, 0.717) is 17.9 Å². The Morgan fingerprint density at radius 1 is 1.11 bits per heavy atom. The Labute approximate surface area is 219 Å². The van der Waals surface area contributed by atoms with E-state index in [1.165, 1.54) is 24.4 Å². The van der Waals surface area contributed by atoms with Crippen LogP contribution in [-0.2, 0) is 38.7 Å². The summed E-state index contributed by atoms with van der Waals surface area (Å²) in [6.45, 7) is 8.74. The van der Waals surface area contributed by atoms with Gasteiger partial charge in [-0.25, -0.2) is 5.10 Å².